The number of hydrogen-bond acceptors (Lipinski definition) is 6. The Morgan fingerprint density at radius 1 is 1.06 bits per heavy atom. The van der Waals surface area contributed by atoms with E-state index in [1.165, 1.54) is 0 Å². The van der Waals surface area contributed by atoms with Gasteiger partial charge in [-0.05, 0) is 23.8 Å². The second kappa shape index (κ2) is 9.97. The molecule has 7 heteroatoms. The maximum atomic E-state index is 10.8. The molecule has 0 amide bonds. The number of benzene rings is 2. The molecule has 2 aromatic carbocycles. The number of aromatic nitrogens is 1. The number of anilines is 1. The smallest absolute Gasteiger partial charge is 0.329 e. The van der Waals surface area contributed by atoms with Crippen molar-refractivity contribution in [2.45, 2.75) is 13.8 Å². The van der Waals surface area contributed by atoms with E-state index in [0.29, 0.717) is 19.0 Å². The Labute approximate surface area is 198 Å². The van der Waals surface area contributed by atoms with Crippen molar-refractivity contribution in [1.29, 1.82) is 0 Å². The molecule has 0 aliphatic heterocycles. The molecule has 0 atom stereocenters. The van der Waals surface area contributed by atoms with Crippen molar-refractivity contribution >= 4 is 22.8 Å². The minimum absolute atomic E-state index is 0.300. The number of methoxy groups -OCH3 is 1. The zero-order valence-electron chi connectivity index (χ0n) is 19.5. The third kappa shape index (κ3) is 5.21. The van der Waals surface area contributed by atoms with Gasteiger partial charge in [0.05, 0.1) is 19.1 Å². The number of carboxylic acids is 1. The third-order valence-electron chi connectivity index (χ3n) is 5.47. The molecule has 2 heterocycles. The van der Waals surface area contributed by atoms with Crippen molar-refractivity contribution in [3.05, 3.63) is 66.9 Å². The number of fused-ring (bicyclic) bond motifs is 1. The second-order valence-corrected chi connectivity index (χ2v) is 8.84. The van der Waals surface area contributed by atoms with E-state index in [4.69, 9.17) is 19.0 Å². The molecule has 34 heavy (non-hydrogen) atoms. The normalized spacial score (nSPS) is 11.5. The number of nitrogens with zero attached hydrogens (tertiary/aromatic N) is 1. The summed E-state index contributed by atoms with van der Waals surface area (Å²) in [6.45, 7) is 4.54. The van der Waals surface area contributed by atoms with Gasteiger partial charge >= 0.3 is 5.97 Å². The molecule has 0 saturated heterocycles. The summed E-state index contributed by atoms with van der Waals surface area (Å²) >= 11 is 0. The number of rotatable bonds is 10. The van der Waals surface area contributed by atoms with Gasteiger partial charge in [-0.15, -0.1) is 0 Å². The van der Waals surface area contributed by atoms with Gasteiger partial charge in [0.1, 0.15) is 29.5 Å². The Balaban J connectivity index is 1.75. The number of hydrogen-bond donors (Lipinski definition) is 2. The van der Waals surface area contributed by atoms with Crippen LogP contribution in [0.2, 0.25) is 0 Å². The van der Waals surface area contributed by atoms with E-state index in [1.54, 1.807) is 13.3 Å². The van der Waals surface area contributed by atoms with Crippen LogP contribution < -0.4 is 10.1 Å². The molecule has 0 fully saturated rings. The van der Waals surface area contributed by atoms with E-state index in [1.807, 2.05) is 74.5 Å². The lowest BCUT2D eigenvalue weighted by Crippen LogP contribution is -2.29. The van der Waals surface area contributed by atoms with E-state index in [-0.39, 0.29) is 12.0 Å². The lowest BCUT2D eigenvalue weighted by atomic mass is 9.94. The molecule has 0 aliphatic rings. The summed E-state index contributed by atoms with van der Waals surface area (Å²) in [4.78, 5) is 15.4. The second-order valence-electron chi connectivity index (χ2n) is 8.84. The third-order valence-corrected chi connectivity index (χ3v) is 5.47. The molecule has 0 unspecified atom stereocenters. The zero-order chi connectivity index (χ0) is 24.1. The molecule has 0 aliphatic carbocycles. The molecule has 176 valence electrons. The molecule has 2 N–H and O–H groups in total. The molecule has 2 aromatic heterocycles. The van der Waals surface area contributed by atoms with E-state index in [2.05, 4.69) is 10.3 Å². The van der Waals surface area contributed by atoms with Crippen molar-refractivity contribution in [2.24, 2.45) is 5.41 Å². The fourth-order valence-corrected chi connectivity index (χ4v) is 3.79. The first-order valence-electron chi connectivity index (χ1n) is 11.0. The molecule has 4 aromatic rings. The average Bonchev–Trinajstić information content (AvgIpc) is 3.23. The largest absolute Gasteiger partial charge is 0.497 e. The highest BCUT2D eigenvalue weighted by atomic mass is 16.5. The van der Waals surface area contributed by atoms with Crippen molar-refractivity contribution in [3.63, 3.8) is 0 Å². The quantitative estimate of drug-likeness (QED) is 0.313. The summed E-state index contributed by atoms with van der Waals surface area (Å²) in [7, 11) is 1.64. The summed E-state index contributed by atoms with van der Waals surface area (Å²) in [5.41, 5.74) is 3.31. The Kier molecular flexibility index (Phi) is 6.84. The summed E-state index contributed by atoms with van der Waals surface area (Å²) in [5.74, 6) is 1.25. The Morgan fingerprint density at radius 2 is 1.79 bits per heavy atom. The predicted molar refractivity (Wildman–Crippen MR) is 132 cm³/mol. The van der Waals surface area contributed by atoms with Gasteiger partial charge in [-0.25, -0.2) is 9.78 Å². The molecule has 7 nitrogen and oxygen atoms in total. The van der Waals surface area contributed by atoms with Crippen LogP contribution in [-0.4, -0.2) is 42.9 Å². The van der Waals surface area contributed by atoms with E-state index in [0.717, 1.165) is 39.2 Å². The number of carboxylic acid groups (broad SMARTS) is 1. The highest BCUT2D eigenvalue weighted by molar-refractivity contribution is 6.07. The van der Waals surface area contributed by atoms with Crippen molar-refractivity contribution < 1.29 is 23.8 Å². The van der Waals surface area contributed by atoms with Crippen LogP contribution >= 0.6 is 0 Å². The van der Waals surface area contributed by atoms with Crippen molar-refractivity contribution in [2.75, 3.05) is 32.2 Å². The highest BCUT2D eigenvalue weighted by Gasteiger charge is 2.23. The average molecular weight is 461 g/mol. The van der Waals surface area contributed by atoms with E-state index in [9.17, 15) is 4.79 Å². The topological polar surface area (TPSA) is 93.8 Å². The van der Waals surface area contributed by atoms with Crippen molar-refractivity contribution in [3.8, 4) is 28.2 Å². The maximum Gasteiger partial charge on any atom is 0.329 e. The monoisotopic (exact) mass is 460 g/mol. The number of nitrogens with one attached hydrogen (secondary N) is 1. The number of pyridine rings is 1. The first-order chi connectivity index (χ1) is 16.4. The number of carbonyl (C=O) groups is 1. The van der Waals surface area contributed by atoms with Gasteiger partial charge < -0.3 is 24.3 Å². The fourth-order valence-electron chi connectivity index (χ4n) is 3.79. The summed E-state index contributed by atoms with van der Waals surface area (Å²) in [6, 6.07) is 19.7. The van der Waals surface area contributed by atoms with Crippen LogP contribution in [0.25, 0.3) is 33.4 Å². The fraction of sp³-hybridized carbons (Fsp3) is 0.259. The molecular weight excluding hydrogens is 432 g/mol. The van der Waals surface area contributed by atoms with Crippen LogP contribution in [0.5, 0.6) is 5.75 Å². The van der Waals surface area contributed by atoms with Crippen LogP contribution in [-0.2, 0) is 9.53 Å². The minimum Gasteiger partial charge on any atom is -0.497 e. The maximum absolute atomic E-state index is 10.8. The lowest BCUT2D eigenvalue weighted by Gasteiger charge is -2.25. The van der Waals surface area contributed by atoms with Crippen LogP contribution in [0.3, 0.4) is 0 Å². The van der Waals surface area contributed by atoms with Crippen LogP contribution in [0.15, 0.2) is 71.3 Å². The number of ether oxygens (including phenoxy) is 2. The van der Waals surface area contributed by atoms with Gasteiger partial charge in [-0.2, -0.15) is 0 Å². The molecule has 0 radical (unpaired) electrons. The lowest BCUT2D eigenvalue weighted by molar-refractivity contribution is -0.143. The summed E-state index contributed by atoms with van der Waals surface area (Å²) < 4.78 is 17.0. The molecular formula is C27H28N2O5. The number of furan rings is 1. The first-order valence-corrected chi connectivity index (χ1v) is 11.0. The van der Waals surface area contributed by atoms with Gasteiger partial charge in [-0.1, -0.05) is 56.3 Å². The molecule has 4 rings (SSSR count). The van der Waals surface area contributed by atoms with Crippen LogP contribution in [0.4, 0.5) is 5.82 Å². The summed E-state index contributed by atoms with van der Waals surface area (Å²) in [6.07, 6.45) is 1.72. The molecule has 0 bridgehead atoms. The Hall–Kier alpha value is -3.84. The highest BCUT2D eigenvalue weighted by Crippen LogP contribution is 2.43. The Morgan fingerprint density at radius 3 is 2.47 bits per heavy atom. The van der Waals surface area contributed by atoms with Crippen molar-refractivity contribution in [1.82, 2.24) is 4.98 Å². The first kappa shape index (κ1) is 23.3. The minimum atomic E-state index is -0.980. The standard InChI is InChI=1S/C27H28N2O5/c1-27(2,17-33-15-22(30)31)16-29-26-24-21(13-14-28-26)34-25(19-7-5-4-6-8-19)23(24)18-9-11-20(32-3)12-10-18/h4-14H,15-17H2,1-3H3,(H,28,29)(H,30,31). The van der Waals surface area contributed by atoms with E-state index >= 15 is 0 Å². The summed E-state index contributed by atoms with van der Waals surface area (Å²) in [5, 5.41) is 13.2. The molecule has 0 spiro atoms. The van der Waals surface area contributed by atoms with Gasteiger partial charge in [0.25, 0.3) is 0 Å². The SMILES string of the molecule is COc1ccc(-c2c(-c3ccccc3)oc3ccnc(NCC(C)(C)COCC(=O)O)c23)cc1. The zero-order valence-corrected chi connectivity index (χ0v) is 19.5. The van der Waals surface area contributed by atoms with Gasteiger partial charge in [0.15, 0.2) is 0 Å². The van der Waals surface area contributed by atoms with E-state index < -0.39 is 5.97 Å². The number of aliphatic carboxylic acids is 1. The Bertz CT molecular complexity index is 1260. The van der Waals surface area contributed by atoms with Crippen LogP contribution in [0.1, 0.15) is 13.8 Å². The molecule has 0 saturated carbocycles. The van der Waals surface area contributed by atoms with Gasteiger partial charge in [0.2, 0.25) is 0 Å². The predicted octanol–water partition coefficient (Wildman–Crippen LogP) is 5.71. The van der Waals surface area contributed by atoms with Crippen LogP contribution in [0, 0.1) is 5.41 Å². The van der Waals surface area contributed by atoms with Gasteiger partial charge in [-0.3, -0.25) is 0 Å². The van der Waals surface area contributed by atoms with Gasteiger partial charge in [0, 0.05) is 29.3 Å².